The number of carbonyl (C=O) groups excluding carboxylic acids is 1. The summed E-state index contributed by atoms with van der Waals surface area (Å²) < 4.78 is 13.8. The molecule has 31 heavy (non-hydrogen) atoms. The number of carboxylic acid groups (broad SMARTS) is 2. The fourth-order valence-electron chi connectivity index (χ4n) is 3.42. The summed E-state index contributed by atoms with van der Waals surface area (Å²) >= 11 is 0. The number of amides is 1. The van der Waals surface area contributed by atoms with Crippen LogP contribution in [0.3, 0.4) is 0 Å². The fraction of sp³-hybridized carbons (Fsp3) is 0.227. The Labute approximate surface area is 177 Å². The molecule has 0 radical (unpaired) electrons. The first-order valence-corrected chi connectivity index (χ1v) is 9.64. The number of nitrogens with zero attached hydrogens (tertiary/aromatic N) is 2. The van der Waals surface area contributed by atoms with Gasteiger partial charge >= 0.3 is 11.9 Å². The molecule has 0 aliphatic carbocycles. The van der Waals surface area contributed by atoms with E-state index >= 15 is 0 Å². The molecule has 0 atom stereocenters. The van der Waals surface area contributed by atoms with E-state index in [4.69, 9.17) is 19.8 Å². The van der Waals surface area contributed by atoms with Gasteiger partial charge in [-0.15, -0.1) is 0 Å². The van der Waals surface area contributed by atoms with Crippen LogP contribution in [-0.4, -0.2) is 69.0 Å². The van der Waals surface area contributed by atoms with Crippen LogP contribution in [0.15, 0.2) is 54.7 Å². The molecule has 0 unspecified atom stereocenters. The molecule has 1 amide bonds. The molecule has 162 valence electrons. The number of rotatable bonds is 3. The average molecular weight is 427 g/mol. The Morgan fingerprint density at radius 1 is 0.903 bits per heavy atom. The number of hydrogen-bond acceptors (Lipinski definition) is 4. The molecule has 1 saturated heterocycles. The van der Waals surface area contributed by atoms with E-state index in [1.807, 2.05) is 12.1 Å². The van der Waals surface area contributed by atoms with Crippen LogP contribution < -0.4 is 0 Å². The Hall–Kier alpha value is -3.72. The van der Waals surface area contributed by atoms with Gasteiger partial charge in [-0.05, 0) is 23.8 Å². The Balaban J connectivity index is 0.000000401. The number of aliphatic carboxylic acids is 2. The van der Waals surface area contributed by atoms with Gasteiger partial charge in [0.05, 0.1) is 5.56 Å². The second-order valence-corrected chi connectivity index (χ2v) is 7.02. The third kappa shape index (κ3) is 5.46. The van der Waals surface area contributed by atoms with Gasteiger partial charge in [-0.1, -0.05) is 30.3 Å². The van der Waals surface area contributed by atoms with E-state index in [1.165, 1.54) is 17.0 Å². The minimum atomic E-state index is -1.82. The standard InChI is InChI=1S/C20H20FN3O.C2H2O4/c21-18-7-3-1-6-17(18)20(25)24-11-9-23(10-12-24)14-15-13-22-19-8-4-2-5-16(15)19;3-1(4)2(5)6/h1-8,13,22H,9-12,14H2;(H,3,4)(H,5,6). The summed E-state index contributed by atoms with van der Waals surface area (Å²) in [6.45, 7) is 3.68. The highest BCUT2D eigenvalue weighted by molar-refractivity contribution is 6.27. The molecule has 2 heterocycles. The van der Waals surface area contributed by atoms with Crippen LogP contribution in [-0.2, 0) is 16.1 Å². The number of para-hydroxylation sites is 1. The van der Waals surface area contributed by atoms with E-state index in [-0.39, 0.29) is 11.5 Å². The Bertz CT molecular complexity index is 1080. The van der Waals surface area contributed by atoms with Crippen molar-refractivity contribution in [2.75, 3.05) is 26.2 Å². The van der Waals surface area contributed by atoms with Gasteiger partial charge in [-0.2, -0.15) is 0 Å². The highest BCUT2D eigenvalue weighted by atomic mass is 19.1. The summed E-state index contributed by atoms with van der Waals surface area (Å²) in [6.07, 6.45) is 2.06. The third-order valence-electron chi connectivity index (χ3n) is 5.02. The Kier molecular flexibility index (Phi) is 6.99. The molecule has 1 aromatic heterocycles. The summed E-state index contributed by atoms with van der Waals surface area (Å²) in [4.78, 5) is 38.1. The molecule has 0 spiro atoms. The van der Waals surface area contributed by atoms with Gasteiger partial charge in [0, 0.05) is 49.8 Å². The van der Waals surface area contributed by atoms with Crippen molar-refractivity contribution in [1.29, 1.82) is 0 Å². The number of fused-ring (bicyclic) bond motifs is 1. The van der Waals surface area contributed by atoms with Gasteiger partial charge in [0.1, 0.15) is 5.82 Å². The van der Waals surface area contributed by atoms with Crippen LogP contribution in [0.25, 0.3) is 10.9 Å². The number of hydrogen-bond donors (Lipinski definition) is 3. The van der Waals surface area contributed by atoms with E-state index < -0.39 is 17.8 Å². The van der Waals surface area contributed by atoms with E-state index in [2.05, 4.69) is 28.2 Å². The van der Waals surface area contributed by atoms with Crippen molar-refractivity contribution in [3.05, 3.63) is 71.7 Å². The zero-order valence-electron chi connectivity index (χ0n) is 16.6. The van der Waals surface area contributed by atoms with Crippen LogP contribution in [0.2, 0.25) is 0 Å². The topological polar surface area (TPSA) is 114 Å². The van der Waals surface area contributed by atoms with Crippen LogP contribution in [0, 0.1) is 5.82 Å². The lowest BCUT2D eigenvalue weighted by Gasteiger charge is -2.34. The summed E-state index contributed by atoms with van der Waals surface area (Å²) in [7, 11) is 0. The number of benzene rings is 2. The smallest absolute Gasteiger partial charge is 0.414 e. The van der Waals surface area contributed by atoms with Crippen LogP contribution in [0.1, 0.15) is 15.9 Å². The summed E-state index contributed by atoms with van der Waals surface area (Å²) in [5.74, 6) is -4.32. The van der Waals surface area contributed by atoms with Crippen LogP contribution >= 0.6 is 0 Å². The molecule has 3 aromatic rings. The number of carbonyl (C=O) groups is 3. The summed E-state index contributed by atoms with van der Waals surface area (Å²) in [6, 6.07) is 14.5. The zero-order chi connectivity index (χ0) is 22.4. The first kappa shape index (κ1) is 22.0. The number of piperazine rings is 1. The predicted octanol–water partition coefficient (Wildman–Crippen LogP) is 2.42. The second-order valence-electron chi connectivity index (χ2n) is 7.02. The van der Waals surface area contributed by atoms with Crippen molar-refractivity contribution in [2.45, 2.75) is 6.54 Å². The third-order valence-corrected chi connectivity index (χ3v) is 5.02. The molecule has 1 aliphatic heterocycles. The van der Waals surface area contributed by atoms with Gasteiger partial charge in [0.2, 0.25) is 0 Å². The minimum absolute atomic E-state index is 0.160. The number of aromatic nitrogens is 1. The van der Waals surface area contributed by atoms with E-state index in [0.29, 0.717) is 13.1 Å². The van der Waals surface area contributed by atoms with Gasteiger partial charge in [-0.25, -0.2) is 14.0 Å². The molecule has 3 N–H and O–H groups in total. The van der Waals surface area contributed by atoms with Crippen molar-refractivity contribution in [2.24, 2.45) is 0 Å². The average Bonchev–Trinajstić information content (AvgIpc) is 3.17. The number of carboxylic acids is 2. The van der Waals surface area contributed by atoms with Gasteiger partial charge in [-0.3, -0.25) is 9.69 Å². The van der Waals surface area contributed by atoms with Crippen molar-refractivity contribution in [3.8, 4) is 0 Å². The lowest BCUT2D eigenvalue weighted by molar-refractivity contribution is -0.159. The van der Waals surface area contributed by atoms with E-state index in [0.717, 1.165) is 25.2 Å². The monoisotopic (exact) mass is 427 g/mol. The van der Waals surface area contributed by atoms with Crippen molar-refractivity contribution in [3.63, 3.8) is 0 Å². The number of H-pyrrole nitrogens is 1. The van der Waals surface area contributed by atoms with Crippen molar-refractivity contribution >= 4 is 28.7 Å². The molecule has 0 bridgehead atoms. The van der Waals surface area contributed by atoms with Crippen molar-refractivity contribution in [1.82, 2.24) is 14.8 Å². The molecule has 0 saturated carbocycles. The lowest BCUT2D eigenvalue weighted by atomic mass is 10.1. The van der Waals surface area contributed by atoms with Crippen LogP contribution in [0.5, 0.6) is 0 Å². The van der Waals surface area contributed by atoms with Gasteiger partial charge in [0.25, 0.3) is 5.91 Å². The Morgan fingerprint density at radius 2 is 1.52 bits per heavy atom. The van der Waals surface area contributed by atoms with E-state index in [1.54, 1.807) is 23.1 Å². The maximum atomic E-state index is 13.8. The number of aromatic amines is 1. The maximum Gasteiger partial charge on any atom is 0.414 e. The highest BCUT2D eigenvalue weighted by Crippen LogP contribution is 2.20. The molecule has 1 aliphatic rings. The number of halogens is 1. The molecular weight excluding hydrogens is 405 g/mol. The Morgan fingerprint density at radius 3 is 2.16 bits per heavy atom. The molecule has 4 rings (SSSR count). The normalized spacial score (nSPS) is 14.0. The maximum absolute atomic E-state index is 13.8. The summed E-state index contributed by atoms with van der Waals surface area (Å²) in [5, 5.41) is 16.0. The molecule has 9 heteroatoms. The zero-order valence-corrected chi connectivity index (χ0v) is 16.6. The largest absolute Gasteiger partial charge is 0.473 e. The van der Waals surface area contributed by atoms with E-state index in [9.17, 15) is 9.18 Å². The first-order chi connectivity index (χ1) is 14.9. The SMILES string of the molecule is O=C(O)C(=O)O.O=C(c1ccccc1F)N1CCN(Cc2c[nH]c3ccccc23)CC1. The number of nitrogens with one attached hydrogen (secondary N) is 1. The van der Waals surface area contributed by atoms with Gasteiger partial charge in [0.15, 0.2) is 0 Å². The lowest BCUT2D eigenvalue weighted by Crippen LogP contribution is -2.48. The fourth-order valence-corrected chi connectivity index (χ4v) is 3.42. The quantitative estimate of drug-likeness (QED) is 0.553. The van der Waals surface area contributed by atoms with Crippen LogP contribution in [0.4, 0.5) is 4.39 Å². The highest BCUT2D eigenvalue weighted by Gasteiger charge is 2.24. The molecule has 2 aromatic carbocycles. The predicted molar refractivity (Wildman–Crippen MR) is 111 cm³/mol. The molecule has 8 nitrogen and oxygen atoms in total. The van der Waals surface area contributed by atoms with Gasteiger partial charge < -0.3 is 20.1 Å². The van der Waals surface area contributed by atoms with Crippen molar-refractivity contribution < 1.29 is 29.0 Å². The molecular formula is C22H22FN3O5. The minimum Gasteiger partial charge on any atom is -0.473 e. The summed E-state index contributed by atoms with van der Waals surface area (Å²) in [5.41, 5.74) is 2.57. The first-order valence-electron chi connectivity index (χ1n) is 9.64. The molecule has 1 fully saturated rings. The second kappa shape index (κ2) is 9.86.